The van der Waals surface area contributed by atoms with E-state index < -0.39 is 15.8 Å². The zero-order chi connectivity index (χ0) is 14.0. The van der Waals surface area contributed by atoms with Crippen LogP contribution in [0.25, 0.3) is 0 Å². The number of phenols is 1. The zero-order valence-corrected chi connectivity index (χ0v) is 11.2. The Labute approximate surface area is 114 Å². The van der Waals surface area contributed by atoms with E-state index in [1.165, 1.54) is 18.2 Å². The normalized spacial score (nSPS) is 11.5. The molecular formula is C12H10FNO3S2. The molecule has 0 heterocycles. The highest BCUT2D eigenvalue weighted by Crippen LogP contribution is 2.35. The Hall–Kier alpha value is -1.57. The number of sulfonamides is 1. The Balaban J connectivity index is 2.36. The van der Waals surface area contributed by atoms with Crippen molar-refractivity contribution < 1.29 is 17.9 Å². The Morgan fingerprint density at radius 1 is 1.11 bits per heavy atom. The molecular weight excluding hydrogens is 289 g/mol. The van der Waals surface area contributed by atoms with Crippen molar-refractivity contribution in [2.24, 2.45) is 5.14 Å². The van der Waals surface area contributed by atoms with Crippen molar-refractivity contribution >= 4 is 21.8 Å². The summed E-state index contributed by atoms with van der Waals surface area (Å²) in [6.07, 6.45) is 0. The number of aromatic hydroxyl groups is 1. The van der Waals surface area contributed by atoms with E-state index in [1.54, 1.807) is 18.2 Å². The van der Waals surface area contributed by atoms with Gasteiger partial charge in [0, 0.05) is 4.90 Å². The van der Waals surface area contributed by atoms with E-state index in [1.807, 2.05) is 0 Å². The van der Waals surface area contributed by atoms with Gasteiger partial charge in [-0.3, -0.25) is 0 Å². The van der Waals surface area contributed by atoms with Crippen molar-refractivity contribution in [2.45, 2.75) is 14.7 Å². The number of nitrogens with two attached hydrogens (primary N) is 1. The molecule has 0 aromatic heterocycles. The van der Waals surface area contributed by atoms with Crippen LogP contribution < -0.4 is 5.14 Å². The van der Waals surface area contributed by atoms with Crippen LogP contribution >= 0.6 is 11.8 Å². The van der Waals surface area contributed by atoms with Crippen molar-refractivity contribution in [2.75, 3.05) is 0 Å². The van der Waals surface area contributed by atoms with Gasteiger partial charge in [0.1, 0.15) is 11.6 Å². The minimum absolute atomic E-state index is 0.0300. The minimum atomic E-state index is -3.92. The van der Waals surface area contributed by atoms with Gasteiger partial charge in [-0.15, -0.1) is 0 Å². The zero-order valence-electron chi connectivity index (χ0n) is 9.58. The number of primary sulfonamides is 1. The van der Waals surface area contributed by atoms with Crippen molar-refractivity contribution in [3.63, 3.8) is 0 Å². The Morgan fingerprint density at radius 2 is 1.79 bits per heavy atom. The van der Waals surface area contributed by atoms with E-state index in [4.69, 9.17) is 5.14 Å². The average Bonchev–Trinajstić information content (AvgIpc) is 2.33. The third-order valence-electron chi connectivity index (χ3n) is 2.32. The summed E-state index contributed by atoms with van der Waals surface area (Å²) >= 11 is 1.000. The second kappa shape index (κ2) is 5.20. The third-order valence-corrected chi connectivity index (χ3v) is 4.34. The standard InChI is InChI=1S/C12H10FNO3S2/c13-9-7-8(19(14,16)17)5-6-11(9)18-12-4-2-1-3-10(12)15/h1-7,15H,(H2,14,16,17). The number of hydrogen-bond acceptors (Lipinski definition) is 4. The summed E-state index contributed by atoms with van der Waals surface area (Å²) in [5.41, 5.74) is 0. The molecule has 2 rings (SSSR count). The maximum atomic E-state index is 13.8. The first-order chi connectivity index (χ1) is 8.88. The van der Waals surface area contributed by atoms with E-state index in [0.29, 0.717) is 4.90 Å². The molecule has 0 spiro atoms. The minimum Gasteiger partial charge on any atom is -0.507 e. The van der Waals surface area contributed by atoms with Crippen LogP contribution in [0.5, 0.6) is 5.75 Å². The lowest BCUT2D eigenvalue weighted by Gasteiger charge is -2.06. The summed E-state index contributed by atoms with van der Waals surface area (Å²) in [6, 6.07) is 9.87. The number of benzene rings is 2. The van der Waals surface area contributed by atoms with Crippen LogP contribution in [0.4, 0.5) is 4.39 Å². The first kappa shape index (κ1) is 13.9. The fourth-order valence-electron chi connectivity index (χ4n) is 1.40. The summed E-state index contributed by atoms with van der Waals surface area (Å²) in [5, 5.41) is 14.5. The quantitative estimate of drug-likeness (QED) is 0.911. The molecule has 4 nitrogen and oxygen atoms in total. The van der Waals surface area contributed by atoms with Gasteiger partial charge in [-0.1, -0.05) is 23.9 Å². The van der Waals surface area contributed by atoms with Crippen LogP contribution in [-0.4, -0.2) is 13.5 Å². The molecule has 0 aliphatic rings. The molecule has 0 bridgehead atoms. The van der Waals surface area contributed by atoms with Gasteiger partial charge in [0.05, 0.1) is 9.79 Å². The molecule has 0 saturated carbocycles. The molecule has 0 unspecified atom stereocenters. The van der Waals surface area contributed by atoms with E-state index in [2.05, 4.69) is 0 Å². The van der Waals surface area contributed by atoms with Crippen LogP contribution in [0.1, 0.15) is 0 Å². The van der Waals surface area contributed by atoms with Crippen molar-refractivity contribution in [3.05, 3.63) is 48.3 Å². The van der Waals surface area contributed by atoms with Gasteiger partial charge in [0.15, 0.2) is 0 Å². The van der Waals surface area contributed by atoms with E-state index in [-0.39, 0.29) is 15.5 Å². The summed E-state index contributed by atoms with van der Waals surface area (Å²) in [7, 11) is -3.92. The van der Waals surface area contributed by atoms with Gasteiger partial charge >= 0.3 is 0 Å². The second-order valence-electron chi connectivity index (χ2n) is 3.71. The molecule has 0 atom stereocenters. The summed E-state index contributed by atoms with van der Waals surface area (Å²) in [5.74, 6) is -0.679. The molecule has 0 amide bonds. The highest BCUT2D eigenvalue weighted by molar-refractivity contribution is 7.99. The SMILES string of the molecule is NS(=O)(=O)c1ccc(Sc2ccccc2O)c(F)c1. The third kappa shape index (κ3) is 3.25. The van der Waals surface area contributed by atoms with E-state index >= 15 is 0 Å². The molecule has 0 saturated heterocycles. The van der Waals surface area contributed by atoms with Crippen LogP contribution in [0.2, 0.25) is 0 Å². The fourth-order valence-corrected chi connectivity index (χ4v) is 2.78. The molecule has 0 aliphatic heterocycles. The number of hydrogen-bond donors (Lipinski definition) is 2. The van der Waals surface area contributed by atoms with E-state index in [9.17, 15) is 17.9 Å². The number of para-hydroxylation sites is 1. The lowest BCUT2D eigenvalue weighted by molar-refractivity contribution is 0.462. The lowest BCUT2D eigenvalue weighted by atomic mass is 10.3. The topological polar surface area (TPSA) is 80.4 Å². The molecule has 7 heteroatoms. The van der Waals surface area contributed by atoms with Gasteiger partial charge in [0.2, 0.25) is 10.0 Å². The van der Waals surface area contributed by atoms with Crippen LogP contribution in [-0.2, 0) is 10.0 Å². The Morgan fingerprint density at radius 3 is 2.37 bits per heavy atom. The van der Waals surface area contributed by atoms with Crippen molar-refractivity contribution in [1.82, 2.24) is 0 Å². The molecule has 19 heavy (non-hydrogen) atoms. The molecule has 0 fully saturated rings. The van der Waals surface area contributed by atoms with E-state index in [0.717, 1.165) is 17.8 Å². The molecule has 0 radical (unpaired) electrons. The van der Waals surface area contributed by atoms with Gasteiger partial charge in [-0.25, -0.2) is 17.9 Å². The second-order valence-corrected chi connectivity index (χ2v) is 6.35. The number of phenolic OH excluding ortho intramolecular Hbond substituents is 1. The molecule has 100 valence electrons. The molecule has 2 aromatic carbocycles. The van der Waals surface area contributed by atoms with Gasteiger partial charge in [-0.05, 0) is 30.3 Å². The number of halogens is 1. The largest absolute Gasteiger partial charge is 0.507 e. The predicted octanol–water partition coefficient (Wildman–Crippen LogP) is 2.33. The molecule has 0 aliphatic carbocycles. The molecule has 3 N–H and O–H groups in total. The van der Waals surface area contributed by atoms with Crippen LogP contribution in [0, 0.1) is 5.82 Å². The summed E-state index contributed by atoms with van der Waals surface area (Å²) in [6.45, 7) is 0. The van der Waals surface area contributed by atoms with Crippen molar-refractivity contribution in [1.29, 1.82) is 0 Å². The fraction of sp³-hybridized carbons (Fsp3) is 0. The van der Waals surface area contributed by atoms with Gasteiger partial charge in [-0.2, -0.15) is 0 Å². The van der Waals surface area contributed by atoms with Crippen LogP contribution in [0.15, 0.2) is 57.2 Å². The summed E-state index contributed by atoms with van der Waals surface area (Å²) in [4.78, 5) is 0.394. The average molecular weight is 299 g/mol. The van der Waals surface area contributed by atoms with Gasteiger partial charge in [0.25, 0.3) is 0 Å². The van der Waals surface area contributed by atoms with Gasteiger partial charge < -0.3 is 5.11 Å². The lowest BCUT2D eigenvalue weighted by Crippen LogP contribution is -2.12. The van der Waals surface area contributed by atoms with Crippen molar-refractivity contribution in [3.8, 4) is 5.75 Å². The maximum absolute atomic E-state index is 13.8. The molecule has 2 aromatic rings. The first-order valence-corrected chi connectivity index (χ1v) is 7.52. The first-order valence-electron chi connectivity index (χ1n) is 5.16. The Bertz CT molecular complexity index is 717. The predicted molar refractivity (Wildman–Crippen MR) is 70.0 cm³/mol. The highest BCUT2D eigenvalue weighted by Gasteiger charge is 2.13. The Kier molecular flexibility index (Phi) is 3.79. The highest BCUT2D eigenvalue weighted by atomic mass is 32.2. The van der Waals surface area contributed by atoms with Crippen LogP contribution in [0.3, 0.4) is 0 Å². The smallest absolute Gasteiger partial charge is 0.238 e. The summed E-state index contributed by atoms with van der Waals surface area (Å²) < 4.78 is 35.9. The maximum Gasteiger partial charge on any atom is 0.238 e. The monoisotopic (exact) mass is 299 g/mol. The number of rotatable bonds is 3.